The van der Waals surface area contributed by atoms with E-state index in [0.717, 1.165) is 44.5 Å². The molecule has 1 heterocycles. The highest BCUT2D eigenvalue weighted by Crippen LogP contribution is 2.29. The van der Waals surface area contributed by atoms with Gasteiger partial charge in [-0.2, -0.15) is 0 Å². The Balaban J connectivity index is 1.35. The highest BCUT2D eigenvalue weighted by atomic mass is 32.2. The maximum atomic E-state index is 12.3. The number of nitrogens with one attached hydrogen (secondary N) is 1. The number of hydrogen-bond donors (Lipinski definition) is 1. The average Bonchev–Trinajstić information content (AvgIpc) is 3.40. The highest BCUT2D eigenvalue weighted by molar-refractivity contribution is 7.99. The Hall–Kier alpha value is -1.49. The van der Waals surface area contributed by atoms with Gasteiger partial charge < -0.3 is 10.2 Å². The molecular weight excluding hydrogens is 320 g/mol. The van der Waals surface area contributed by atoms with Gasteiger partial charge in [-0.25, -0.2) is 0 Å². The Labute approximate surface area is 148 Å². The van der Waals surface area contributed by atoms with Crippen LogP contribution in [0.15, 0.2) is 24.3 Å². The largest absolute Gasteiger partial charge is 0.353 e. The van der Waals surface area contributed by atoms with Gasteiger partial charge in [0.2, 0.25) is 11.8 Å². The van der Waals surface area contributed by atoms with Crippen LogP contribution in [-0.2, 0) is 15.3 Å². The van der Waals surface area contributed by atoms with Crippen LogP contribution in [0.25, 0.3) is 0 Å². The molecule has 3 rings (SSSR count). The lowest BCUT2D eigenvalue weighted by molar-refractivity contribution is -0.129. The molecule has 1 saturated carbocycles. The van der Waals surface area contributed by atoms with Crippen molar-refractivity contribution in [3.8, 4) is 0 Å². The highest BCUT2D eigenvalue weighted by Gasteiger charge is 2.32. The lowest BCUT2D eigenvalue weighted by atomic mass is 10.0. The average molecular weight is 346 g/mol. The zero-order valence-corrected chi connectivity index (χ0v) is 15.1. The maximum Gasteiger partial charge on any atom is 0.232 e. The Morgan fingerprint density at radius 1 is 1.21 bits per heavy atom. The molecule has 0 bridgehead atoms. The molecule has 2 amide bonds. The molecule has 0 atom stereocenters. The number of hydrogen-bond acceptors (Lipinski definition) is 3. The number of benzene rings is 1. The van der Waals surface area contributed by atoms with E-state index in [1.807, 2.05) is 4.90 Å². The van der Waals surface area contributed by atoms with Gasteiger partial charge in [0.1, 0.15) is 0 Å². The number of nitrogens with zero attached hydrogens (tertiary/aromatic N) is 1. The number of aryl methyl sites for hydroxylation is 1. The van der Waals surface area contributed by atoms with E-state index >= 15 is 0 Å². The number of amides is 2. The van der Waals surface area contributed by atoms with Crippen LogP contribution in [0.3, 0.4) is 0 Å². The number of rotatable bonds is 6. The summed E-state index contributed by atoms with van der Waals surface area (Å²) in [5.74, 6) is 2.12. The van der Waals surface area contributed by atoms with E-state index in [9.17, 15) is 9.59 Å². The van der Waals surface area contributed by atoms with Crippen LogP contribution in [-0.4, -0.2) is 41.6 Å². The molecule has 4 nitrogen and oxygen atoms in total. The first kappa shape index (κ1) is 17.3. The molecule has 5 heteroatoms. The van der Waals surface area contributed by atoms with Gasteiger partial charge in [-0.05, 0) is 38.2 Å². The molecule has 0 aromatic heterocycles. The van der Waals surface area contributed by atoms with Crippen LogP contribution in [0.4, 0.5) is 0 Å². The fourth-order valence-electron chi connectivity index (χ4n) is 3.09. The Morgan fingerprint density at radius 2 is 1.96 bits per heavy atom. The zero-order valence-electron chi connectivity index (χ0n) is 14.3. The van der Waals surface area contributed by atoms with Crippen LogP contribution in [0, 0.1) is 12.8 Å². The van der Waals surface area contributed by atoms with Gasteiger partial charge in [-0.15, -0.1) is 11.8 Å². The minimum absolute atomic E-state index is 0.216. The topological polar surface area (TPSA) is 49.4 Å². The van der Waals surface area contributed by atoms with Crippen molar-refractivity contribution in [2.45, 2.75) is 44.4 Å². The van der Waals surface area contributed by atoms with Crippen LogP contribution in [0.1, 0.15) is 36.8 Å². The Bertz CT molecular complexity index is 593. The van der Waals surface area contributed by atoms with E-state index in [1.54, 1.807) is 11.8 Å². The summed E-state index contributed by atoms with van der Waals surface area (Å²) < 4.78 is 0. The molecule has 1 aromatic carbocycles. The van der Waals surface area contributed by atoms with Crippen molar-refractivity contribution in [3.05, 3.63) is 35.4 Å². The number of thioether (sulfide) groups is 1. The smallest absolute Gasteiger partial charge is 0.232 e. The van der Waals surface area contributed by atoms with Crippen LogP contribution < -0.4 is 5.32 Å². The van der Waals surface area contributed by atoms with Gasteiger partial charge in [-0.1, -0.05) is 29.8 Å². The minimum atomic E-state index is 0.216. The molecule has 1 aromatic rings. The standard InChI is InChI=1S/C19H26N2O2S/c1-14-3-2-4-15(11-14)12-24-13-18(22)21-9-7-17(8-10-21)20-19(23)16-5-6-16/h2-4,11,16-17H,5-10,12-13H2,1H3,(H,20,23). The van der Waals surface area contributed by atoms with E-state index < -0.39 is 0 Å². The molecule has 2 aliphatic rings. The van der Waals surface area contributed by atoms with Crippen molar-refractivity contribution in [3.63, 3.8) is 0 Å². The second-order valence-corrected chi connectivity index (χ2v) is 7.91. The molecule has 1 aliphatic heterocycles. The van der Waals surface area contributed by atoms with Crippen molar-refractivity contribution in [1.82, 2.24) is 10.2 Å². The third-order valence-corrected chi connectivity index (χ3v) is 5.71. The number of carbonyl (C=O) groups is 2. The van der Waals surface area contributed by atoms with Crippen LogP contribution >= 0.6 is 11.8 Å². The van der Waals surface area contributed by atoms with Gasteiger partial charge >= 0.3 is 0 Å². The summed E-state index contributed by atoms with van der Waals surface area (Å²) >= 11 is 1.68. The first-order valence-corrected chi connectivity index (χ1v) is 9.99. The summed E-state index contributed by atoms with van der Waals surface area (Å²) in [6, 6.07) is 8.69. The summed E-state index contributed by atoms with van der Waals surface area (Å²) in [4.78, 5) is 26.1. The zero-order chi connectivity index (χ0) is 16.9. The first-order valence-electron chi connectivity index (χ1n) is 8.83. The predicted octanol–water partition coefficient (Wildman–Crippen LogP) is 2.75. The predicted molar refractivity (Wildman–Crippen MR) is 97.8 cm³/mol. The second-order valence-electron chi connectivity index (χ2n) is 6.92. The van der Waals surface area contributed by atoms with Crippen molar-refractivity contribution in [2.75, 3.05) is 18.8 Å². The second kappa shape index (κ2) is 8.06. The molecule has 0 unspecified atom stereocenters. The van der Waals surface area contributed by atoms with E-state index in [1.165, 1.54) is 11.1 Å². The number of likely N-dealkylation sites (tertiary alicyclic amines) is 1. The summed E-state index contributed by atoms with van der Waals surface area (Å²) in [5.41, 5.74) is 2.53. The normalized spacial score (nSPS) is 18.5. The van der Waals surface area contributed by atoms with Gasteiger partial charge in [0.05, 0.1) is 5.75 Å². The van der Waals surface area contributed by atoms with Crippen molar-refractivity contribution < 1.29 is 9.59 Å². The van der Waals surface area contributed by atoms with Crippen molar-refractivity contribution >= 4 is 23.6 Å². The summed E-state index contributed by atoms with van der Waals surface area (Å²) in [7, 11) is 0. The lowest BCUT2D eigenvalue weighted by Crippen LogP contribution is -2.47. The van der Waals surface area contributed by atoms with E-state index in [4.69, 9.17) is 0 Å². The number of piperidine rings is 1. The van der Waals surface area contributed by atoms with Gasteiger partial charge in [-0.3, -0.25) is 9.59 Å². The molecule has 0 radical (unpaired) electrons. The fourth-order valence-corrected chi connectivity index (χ4v) is 3.96. The summed E-state index contributed by atoms with van der Waals surface area (Å²) in [6.45, 7) is 3.62. The van der Waals surface area contributed by atoms with Crippen LogP contribution in [0.5, 0.6) is 0 Å². The molecular formula is C19H26N2O2S. The first-order chi connectivity index (χ1) is 11.6. The SMILES string of the molecule is Cc1cccc(CSCC(=O)N2CCC(NC(=O)C3CC3)CC2)c1. The third-order valence-electron chi connectivity index (χ3n) is 4.72. The molecule has 0 spiro atoms. The molecule has 1 N–H and O–H groups in total. The van der Waals surface area contributed by atoms with Crippen LogP contribution in [0.2, 0.25) is 0 Å². The number of carbonyl (C=O) groups excluding carboxylic acids is 2. The molecule has 2 fully saturated rings. The summed E-state index contributed by atoms with van der Waals surface area (Å²) in [5, 5.41) is 3.13. The third kappa shape index (κ3) is 5.00. The van der Waals surface area contributed by atoms with E-state index in [0.29, 0.717) is 5.75 Å². The Morgan fingerprint density at radius 3 is 2.62 bits per heavy atom. The summed E-state index contributed by atoms with van der Waals surface area (Å²) in [6.07, 6.45) is 3.85. The molecule has 1 saturated heterocycles. The van der Waals surface area contributed by atoms with E-state index in [-0.39, 0.29) is 23.8 Å². The monoisotopic (exact) mass is 346 g/mol. The molecule has 130 valence electrons. The minimum Gasteiger partial charge on any atom is -0.353 e. The van der Waals surface area contributed by atoms with Crippen molar-refractivity contribution in [1.29, 1.82) is 0 Å². The quantitative estimate of drug-likeness (QED) is 0.862. The van der Waals surface area contributed by atoms with Gasteiger partial charge in [0, 0.05) is 30.8 Å². The van der Waals surface area contributed by atoms with Gasteiger partial charge in [0.15, 0.2) is 0 Å². The Kier molecular flexibility index (Phi) is 5.82. The van der Waals surface area contributed by atoms with Crippen molar-refractivity contribution in [2.24, 2.45) is 5.92 Å². The maximum absolute atomic E-state index is 12.3. The molecule has 24 heavy (non-hydrogen) atoms. The van der Waals surface area contributed by atoms with Gasteiger partial charge in [0.25, 0.3) is 0 Å². The fraction of sp³-hybridized carbons (Fsp3) is 0.579. The molecule has 1 aliphatic carbocycles. The lowest BCUT2D eigenvalue weighted by Gasteiger charge is -2.32. The van der Waals surface area contributed by atoms with E-state index in [2.05, 4.69) is 36.5 Å².